The maximum atomic E-state index is 14.0. The molecule has 9 heteroatoms. The normalized spacial score (nSPS) is 12.7. The Kier molecular flexibility index (Phi) is 9.70. The summed E-state index contributed by atoms with van der Waals surface area (Å²) in [7, 11) is 0. The number of benzene rings is 5. The fourth-order valence-corrected chi connectivity index (χ4v) is 5.49. The third-order valence-corrected chi connectivity index (χ3v) is 7.80. The molecule has 0 bridgehead atoms. The molecule has 1 unspecified atom stereocenters. The molecule has 6 rings (SSSR count). The van der Waals surface area contributed by atoms with E-state index in [0.29, 0.717) is 40.2 Å². The number of aliphatic carboxylic acids is 1. The van der Waals surface area contributed by atoms with Crippen molar-refractivity contribution in [3.63, 3.8) is 0 Å². The van der Waals surface area contributed by atoms with Gasteiger partial charge in [0.05, 0.1) is 30.3 Å². The lowest BCUT2D eigenvalue weighted by molar-refractivity contribution is -0.137. The molecule has 1 aliphatic heterocycles. The number of nitrogens with zero attached hydrogens (tertiary/aromatic N) is 1. The molecule has 1 amide bonds. The second-order valence-corrected chi connectivity index (χ2v) is 11.2. The predicted molar refractivity (Wildman–Crippen MR) is 180 cm³/mol. The van der Waals surface area contributed by atoms with Crippen molar-refractivity contribution < 1.29 is 28.9 Å². The van der Waals surface area contributed by atoms with Gasteiger partial charge in [-0.25, -0.2) is 0 Å². The van der Waals surface area contributed by atoms with Gasteiger partial charge in [-0.1, -0.05) is 103 Å². The minimum Gasteiger partial charge on any atom is -0.481 e. The largest absolute Gasteiger partial charge is 0.481 e. The SMILES string of the molecule is O=C(O)CC(NC(=O)c1cc(Cl)ccc1N(Cc1ccccc1)C1=COCO1)c1ccc(-c2ccccc2Oc2ccccc2)cc1. The Bertz CT molecular complexity index is 1880. The number of carboxylic acids is 1. The van der Waals surface area contributed by atoms with Gasteiger partial charge in [0.15, 0.2) is 0 Å². The number of anilines is 1. The number of nitrogens with one attached hydrogen (secondary N) is 1. The molecular formula is C38H31ClN2O6. The predicted octanol–water partition coefficient (Wildman–Crippen LogP) is 8.55. The summed E-state index contributed by atoms with van der Waals surface area (Å²) in [5, 5.41) is 13.1. The highest BCUT2D eigenvalue weighted by atomic mass is 35.5. The number of para-hydroxylation sites is 2. The van der Waals surface area contributed by atoms with Gasteiger partial charge < -0.3 is 29.5 Å². The Morgan fingerprint density at radius 1 is 0.872 bits per heavy atom. The van der Waals surface area contributed by atoms with Crippen LogP contribution in [-0.2, 0) is 20.8 Å². The van der Waals surface area contributed by atoms with E-state index >= 15 is 0 Å². The van der Waals surface area contributed by atoms with E-state index in [1.165, 1.54) is 6.26 Å². The van der Waals surface area contributed by atoms with Crippen molar-refractivity contribution in [2.45, 2.75) is 19.0 Å². The first-order valence-corrected chi connectivity index (χ1v) is 15.3. The topological polar surface area (TPSA) is 97.3 Å². The summed E-state index contributed by atoms with van der Waals surface area (Å²) in [4.78, 5) is 27.8. The van der Waals surface area contributed by atoms with Gasteiger partial charge in [-0.2, -0.15) is 0 Å². The molecule has 0 fully saturated rings. The van der Waals surface area contributed by atoms with E-state index in [2.05, 4.69) is 5.32 Å². The zero-order valence-corrected chi connectivity index (χ0v) is 26.0. The van der Waals surface area contributed by atoms with E-state index in [1.807, 2.05) is 114 Å². The molecule has 8 nitrogen and oxygen atoms in total. The molecule has 0 radical (unpaired) electrons. The van der Waals surface area contributed by atoms with Crippen molar-refractivity contribution >= 4 is 29.2 Å². The first-order chi connectivity index (χ1) is 22.9. The summed E-state index contributed by atoms with van der Waals surface area (Å²) in [6, 6.07) is 38.5. The molecular weight excluding hydrogens is 616 g/mol. The van der Waals surface area contributed by atoms with Crippen molar-refractivity contribution in [1.29, 1.82) is 0 Å². The lowest BCUT2D eigenvalue weighted by Gasteiger charge is -2.27. The van der Waals surface area contributed by atoms with Crippen LogP contribution < -0.4 is 15.0 Å². The van der Waals surface area contributed by atoms with E-state index in [0.717, 1.165) is 16.7 Å². The Balaban J connectivity index is 1.28. The zero-order valence-electron chi connectivity index (χ0n) is 25.2. The van der Waals surface area contributed by atoms with Gasteiger partial charge >= 0.3 is 5.97 Å². The molecule has 1 heterocycles. The molecule has 1 atom stereocenters. The number of carbonyl (C=O) groups is 2. The van der Waals surface area contributed by atoms with Crippen LogP contribution in [0.4, 0.5) is 5.69 Å². The molecule has 0 aromatic heterocycles. The lowest BCUT2D eigenvalue weighted by Crippen LogP contribution is -2.32. The van der Waals surface area contributed by atoms with Crippen LogP contribution in [0.3, 0.4) is 0 Å². The Morgan fingerprint density at radius 2 is 1.57 bits per heavy atom. The minimum atomic E-state index is -1.06. The van der Waals surface area contributed by atoms with Gasteiger partial charge in [0.1, 0.15) is 17.8 Å². The van der Waals surface area contributed by atoms with Crippen LogP contribution in [0.15, 0.2) is 140 Å². The number of carbonyl (C=O) groups excluding carboxylic acids is 1. The van der Waals surface area contributed by atoms with Gasteiger partial charge in [0.2, 0.25) is 12.7 Å². The highest BCUT2D eigenvalue weighted by Gasteiger charge is 2.26. The van der Waals surface area contributed by atoms with Gasteiger partial charge in [-0.05, 0) is 53.1 Å². The number of hydrogen-bond acceptors (Lipinski definition) is 6. The average molecular weight is 647 g/mol. The molecule has 1 aliphatic rings. The minimum absolute atomic E-state index is 0.0509. The van der Waals surface area contributed by atoms with Gasteiger partial charge in [-0.15, -0.1) is 0 Å². The smallest absolute Gasteiger partial charge is 0.305 e. The number of halogens is 1. The van der Waals surface area contributed by atoms with Gasteiger partial charge in [0.25, 0.3) is 5.91 Å². The second-order valence-electron chi connectivity index (χ2n) is 10.8. The number of hydrogen-bond donors (Lipinski definition) is 2. The summed E-state index contributed by atoms with van der Waals surface area (Å²) in [6.45, 7) is 0.433. The van der Waals surface area contributed by atoms with Crippen molar-refractivity contribution in [1.82, 2.24) is 5.32 Å². The first kappa shape index (κ1) is 31.3. The van der Waals surface area contributed by atoms with E-state index in [-0.39, 0.29) is 18.8 Å². The standard InChI is InChI=1S/C38H31ClN2O6/c39-29-19-20-34(41(36-24-45-25-46-36)23-26-9-3-1-4-10-26)32(21-29)38(44)40-33(22-37(42)43)28-17-15-27(16-18-28)31-13-7-8-14-35(31)47-30-11-5-2-6-12-30/h1-21,24,33H,22-23,25H2,(H,40,44)(H,42,43). The summed E-state index contributed by atoms with van der Waals surface area (Å²) < 4.78 is 17.2. The summed E-state index contributed by atoms with van der Waals surface area (Å²) >= 11 is 6.39. The maximum absolute atomic E-state index is 14.0. The summed E-state index contributed by atoms with van der Waals surface area (Å²) in [5.74, 6) is 0.282. The van der Waals surface area contributed by atoms with Crippen LogP contribution in [0.5, 0.6) is 11.5 Å². The molecule has 0 saturated carbocycles. The average Bonchev–Trinajstić information content (AvgIpc) is 3.63. The molecule has 5 aromatic carbocycles. The fourth-order valence-electron chi connectivity index (χ4n) is 5.32. The maximum Gasteiger partial charge on any atom is 0.305 e. The number of amides is 1. The molecule has 0 aliphatic carbocycles. The third-order valence-electron chi connectivity index (χ3n) is 7.57. The third kappa shape index (κ3) is 7.74. The monoisotopic (exact) mass is 646 g/mol. The fraction of sp³-hybridized carbons (Fsp3) is 0.105. The molecule has 2 N–H and O–H groups in total. The molecule has 0 spiro atoms. The highest BCUT2D eigenvalue weighted by molar-refractivity contribution is 6.31. The molecule has 5 aromatic rings. The summed E-state index contributed by atoms with van der Waals surface area (Å²) in [6.07, 6.45) is 1.17. The number of rotatable bonds is 12. The Hall–Kier alpha value is -5.73. The van der Waals surface area contributed by atoms with E-state index in [4.69, 9.17) is 25.8 Å². The van der Waals surface area contributed by atoms with Crippen molar-refractivity contribution in [3.05, 3.63) is 161 Å². The van der Waals surface area contributed by atoms with Gasteiger partial charge in [-0.3, -0.25) is 9.59 Å². The van der Waals surface area contributed by atoms with Crippen molar-refractivity contribution in [3.8, 4) is 22.6 Å². The number of carboxylic acid groups (broad SMARTS) is 1. The lowest BCUT2D eigenvalue weighted by atomic mass is 9.98. The van der Waals surface area contributed by atoms with E-state index < -0.39 is 17.9 Å². The number of ether oxygens (including phenoxy) is 3. The quantitative estimate of drug-likeness (QED) is 0.140. The van der Waals surface area contributed by atoms with Crippen LogP contribution in [0, 0.1) is 0 Å². The van der Waals surface area contributed by atoms with E-state index in [1.54, 1.807) is 18.2 Å². The van der Waals surface area contributed by atoms with Crippen molar-refractivity contribution in [2.75, 3.05) is 11.7 Å². The first-order valence-electron chi connectivity index (χ1n) is 14.9. The Morgan fingerprint density at radius 3 is 2.28 bits per heavy atom. The van der Waals surface area contributed by atoms with Gasteiger partial charge in [0, 0.05) is 10.6 Å². The van der Waals surface area contributed by atoms with Crippen LogP contribution in [-0.4, -0.2) is 23.8 Å². The molecule has 236 valence electrons. The zero-order chi connectivity index (χ0) is 32.6. The van der Waals surface area contributed by atoms with E-state index in [9.17, 15) is 14.7 Å². The van der Waals surface area contributed by atoms with Crippen molar-refractivity contribution in [2.24, 2.45) is 0 Å². The highest BCUT2D eigenvalue weighted by Crippen LogP contribution is 2.35. The molecule has 0 saturated heterocycles. The second kappa shape index (κ2) is 14.6. The summed E-state index contributed by atoms with van der Waals surface area (Å²) in [5.41, 5.74) is 4.13. The Labute approximate surface area is 277 Å². The van der Waals surface area contributed by atoms with Crippen LogP contribution >= 0.6 is 11.6 Å². The molecule has 47 heavy (non-hydrogen) atoms. The van der Waals surface area contributed by atoms with Crippen LogP contribution in [0.25, 0.3) is 11.1 Å². The van der Waals surface area contributed by atoms with Crippen LogP contribution in [0.1, 0.15) is 33.9 Å². The van der Waals surface area contributed by atoms with Crippen LogP contribution in [0.2, 0.25) is 5.02 Å².